The minimum Gasteiger partial charge on any atom is -0.497 e. The third kappa shape index (κ3) is 5.89. The number of anilines is 2. The highest BCUT2D eigenvalue weighted by Gasteiger charge is 2.31. The maximum absolute atomic E-state index is 13.7. The normalized spacial score (nSPS) is 12.9. The Balaban J connectivity index is 0.00000353. The number of thiazole rings is 1. The topological polar surface area (TPSA) is 83.0 Å². The van der Waals surface area contributed by atoms with E-state index in [0.29, 0.717) is 35.9 Å². The maximum atomic E-state index is 13.7. The first kappa shape index (κ1) is 28.8. The molecule has 0 atom stereocenters. The number of hydrogen-bond acceptors (Lipinski definition) is 7. The quantitative estimate of drug-likeness (QED) is 0.272. The number of ether oxygens (including phenoxy) is 1. The van der Waals surface area contributed by atoms with Crippen molar-refractivity contribution in [3.8, 4) is 5.75 Å². The van der Waals surface area contributed by atoms with Crippen LogP contribution >= 0.6 is 23.7 Å². The van der Waals surface area contributed by atoms with Crippen molar-refractivity contribution in [1.82, 2.24) is 9.88 Å². The molecule has 39 heavy (non-hydrogen) atoms. The first-order chi connectivity index (χ1) is 18.3. The molecule has 206 valence electrons. The predicted molar refractivity (Wildman–Crippen MR) is 159 cm³/mol. The fourth-order valence-electron chi connectivity index (χ4n) is 4.57. The van der Waals surface area contributed by atoms with Crippen LogP contribution in [0.1, 0.15) is 22.3 Å². The molecule has 0 saturated heterocycles. The van der Waals surface area contributed by atoms with Crippen LogP contribution in [0.5, 0.6) is 5.75 Å². The van der Waals surface area contributed by atoms with Gasteiger partial charge in [-0.05, 0) is 87.6 Å². The summed E-state index contributed by atoms with van der Waals surface area (Å²) >= 11 is 1.43. The molecule has 1 aliphatic heterocycles. The lowest BCUT2D eigenvalue weighted by atomic mass is 10.2. The number of nitrogens with zero attached hydrogens (tertiary/aromatic N) is 4. The minimum absolute atomic E-state index is 0. The summed E-state index contributed by atoms with van der Waals surface area (Å²) in [6.45, 7) is 1.71. The second kappa shape index (κ2) is 11.9. The van der Waals surface area contributed by atoms with E-state index in [4.69, 9.17) is 9.72 Å². The van der Waals surface area contributed by atoms with Crippen LogP contribution in [0.15, 0.2) is 71.6 Å². The molecule has 3 aromatic carbocycles. The second-order valence-electron chi connectivity index (χ2n) is 9.42. The van der Waals surface area contributed by atoms with E-state index < -0.39 is 10.0 Å². The Morgan fingerprint density at radius 1 is 1.05 bits per heavy atom. The van der Waals surface area contributed by atoms with Crippen molar-refractivity contribution in [3.05, 3.63) is 77.9 Å². The number of halogens is 1. The lowest BCUT2D eigenvalue weighted by Gasteiger charge is -2.22. The zero-order chi connectivity index (χ0) is 26.9. The average molecular weight is 587 g/mol. The molecule has 0 radical (unpaired) electrons. The van der Waals surface area contributed by atoms with Gasteiger partial charge in [-0.25, -0.2) is 13.4 Å². The van der Waals surface area contributed by atoms with E-state index in [-0.39, 0.29) is 23.2 Å². The van der Waals surface area contributed by atoms with Crippen LogP contribution in [0, 0.1) is 0 Å². The summed E-state index contributed by atoms with van der Waals surface area (Å²) in [5.41, 5.74) is 2.94. The molecule has 0 unspecified atom stereocenters. The molecule has 0 spiro atoms. The Morgan fingerprint density at radius 2 is 1.79 bits per heavy atom. The number of aromatic nitrogens is 1. The standard InChI is InChI=1S/C28H30N4O4S2.ClH/c1-30(2)16-6-17-31(28-29-24-14-11-22(36-3)19-26(24)37-28)27(33)21-9-12-23(13-10-21)38(34,35)32-18-15-20-7-4-5-8-25(20)32;/h4-5,7-14,19H,6,15-18H2,1-3H3;1H. The minimum atomic E-state index is -3.73. The van der Waals surface area contributed by atoms with Gasteiger partial charge >= 0.3 is 0 Å². The molecule has 4 aromatic rings. The van der Waals surface area contributed by atoms with Gasteiger partial charge in [0.15, 0.2) is 5.13 Å². The highest BCUT2D eigenvalue weighted by molar-refractivity contribution is 7.92. The number of carbonyl (C=O) groups excluding carboxylic acids is 1. The summed E-state index contributed by atoms with van der Waals surface area (Å²) in [7, 11) is 1.87. The van der Waals surface area contributed by atoms with Crippen molar-refractivity contribution in [2.24, 2.45) is 0 Å². The van der Waals surface area contributed by atoms with Crippen molar-refractivity contribution in [3.63, 3.8) is 0 Å². The van der Waals surface area contributed by atoms with Gasteiger partial charge in [0.05, 0.1) is 27.9 Å². The van der Waals surface area contributed by atoms with E-state index in [1.165, 1.54) is 27.8 Å². The molecule has 2 heterocycles. The van der Waals surface area contributed by atoms with E-state index >= 15 is 0 Å². The van der Waals surface area contributed by atoms with E-state index in [0.717, 1.165) is 34.5 Å². The summed E-state index contributed by atoms with van der Waals surface area (Å²) in [6.07, 6.45) is 1.45. The lowest BCUT2D eigenvalue weighted by molar-refractivity contribution is 0.0986. The summed E-state index contributed by atoms with van der Waals surface area (Å²) in [4.78, 5) is 22.3. The molecule has 5 rings (SSSR count). The van der Waals surface area contributed by atoms with E-state index in [9.17, 15) is 13.2 Å². The van der Waals surface area contributed by atoms with Gasteiger partial charge in [-0.2, -0.15) is 0 Å². The molecule has 1 amide bonds. The van der Waals surface area contributed by atoms with Gasteiger partial charge in [-0.3, -0.25) is 14.0 Å². The van der Waals surface area contributed by atoms with Crippen LogP contribution in [-0.4, -0.2) is 65.0 Å². The average Bonchev–Trinajstić information content (AvgIpc) is 3.55. The third-order valence-electron chi connectivity index (χ3n) is 6.58. The molecule has 0 aliphatic carbocycles. The molecule has 11 heteroatoms. The summed E-state index contributed by atoms with van der Waals surface area (Å²) in [6, 6.07) is 19.4. The van der Waals surface area contributed by atoms with Gasteiger partial charge in [0, 0.05) is 18.7 Å². The molecule has 1 aliphatic rings. The molecule has 1 aromatic heterocycles. The molecular weight excluding hydrogens is 556 g/mol. The van der Waals surface area contributed by atoms with Crippen molar-refractivity contribution in [2.75, 3.05) is 50.0 Å². The molecule has 0 N–H and O–H groups in total. The molecule has 0 fully saturated rings. The second-order valence-corrected chi connectivity index (χ2v) is 12.3. The van der Waals surface area contributed by atoms with Gasteiger partial charge < -0.3 is 9.64 Å². The number of benzene rings is 3. The Bertz CT molecular complexity index is 1570. The number of para-hydroxylation sites is 1. The smallest absolute Gasteiger partial charge is 0.264 e. The predicted octanol–water partition coefficient (Wildman–Crippen LogP) is 5.08. The highest BCUT2D eigenvalue weighted by atomic mass is 35.5. The number of methoxy groups -OCH3 is 1. The third-order valence-corrected chi connectivity index (χ3v) is 9.45. The van der Waals surface area contributed by atoms with Crippen LogP contribution in [0.4, 0.5) is 10.8 Å². The number of hydrogen-bond donors (Lipinski definition) is 0. The van der Waals surface area contributed by atoms with Crippen molar-refractivity contribution in [2.45, 2.75) is 17.7 Å². The number of sulfonamides is 1. The molecule has 8 nitrogen and oxygen atoms in total. The molecular formula is C28H31ClN4O4S2. The first-order valence-corrected chi connectivity index (χ1v) is 14.7. The number of carbonyl (C=O) groups is 1. The van der Waals surface area contributed by atoms with Gasteiger partial charge in [0.1, 0.15) is 5.75 Å². The SMILES string of the molecule is COc1ccc2nc(N(CCCN(C)C)C(=O)c3ccc(S(=O)(=O)N4CCc5ccccc54)cc3)sc2c1.Cl. The van der Waals surface area contributed by atoms with Crippen molar-refractivity contribution < 1.29 is 17.9 Å². The van der Waals surface area contributed by atoms with Gasteiger partial charge in [-0.1, -0.05) is 29.5 Å². The Labute approximate surface area is 239 Å². The fourth-order valence-corrected chi connectivity index (χ4v) is 7.10. The largest absolute Gasteiger partial charge is 0.497 e. The number of amides is 1. The summed E-state index contributed by atoms with van der Waals surface area (Å²) < 4.78 is 34.5. The van der Waals surface area contributed by atoms with Crippen LogP contribution in [0.2, 0.25) is 0 Å². The Hall–Kier alpha value is -3.18. The van der Waals surface area contributed by atoms with Gasteiger partial charge in [0.2, 0.25) is 0 Å². The van der Waals surface area contributed by atoms with E-state index in [1.807, 2.05) is 56.6 Å². The zero-order valence-electron chi connectivity index (χ0n) is 22.0. The fraction of sp³-hybridized carbons (Fsp3) is 0.286. The Morgan fingerprint density at radius 3 is 2.51 bits per heavy atom. The monoisotopic (exact) mass is 586 g/mol. The van der Waals surface area contributed by atoms with Crippen LogP contribution in [0.3, 0.4) is 0 Å². The van der Waals surface area contributed by atoms with Gasteiger partial charge in [-0.15, -0.1) is 12.4 Å². The van der Waals surface area contributed by atoms with Crippen molar-refractivity contribution >= 4 is 60.7 Å². The van der Waals surface area contributed by atoms with Crippen LogP contribution < -0.4 is 13.9 Å². The van der Waals surface area contributed by atoms with Gasteiger partial charge in [0.25, 0.3) is 15.9 Å². The summed E-state index contributed by atoms with van der Waals surface area (Å²) in [5.74, 6) is 0.515. The van der Waals surface area contributed by atoms with E-state index in [1.54, 1.807) is 24.1 Å². The Kier molecular flexibility index (Phi) is 8.80. The van der Waals surface area contributed by atoms with Crippen LogP contribution in [-0.2, 0) is 16.4 Å². The lowest BCUT2D eigenvalue weighted by Crippen LogP contribution is -2.33. The van der Waals surface area contributed by atoms with Crippen LogP contribution in [0.25, 0.3) is 10.2 Å². The summed E-state index contributed by atoms with van der Waals surface area (Å²) in [5, 5.41) is 0.599. The maximum Gasteiger partial charge on any atom is 0.264 e. The molecule has 0 saturated carbocycles. The first-order valence-electron chi connectivity index (χ1n) is 12.4. The van der Waals surface area contributed by atoms with E-state index in [2.05, 4.69) is 4.90 Å². The highest BCUT2D eigenvalue weighted by Crippen LogP contribution is 2.34. The zero-order valence-corrected chi connectivity index (χ0v) is 24.5. The molecule has 0 bridgehead atoms. The van der Waals surface area contributed by atoms with Crippen molar-refractivity contribution in [1.29, 1.82) is 0 Å². The number of rotatable bonds is 9. The number of fused-ring (bicyclic) bond motifs is 2.